The summed E-state index contributed by atoms with van der Waals surface area (Å²) in [7, 11) is 0. The number of rotatable bonds is 12. The molecule has 0 saturated heterocycles. The summed E-state index contributed by atoms with van der Waals surface area (Å²) >= 11 is 0. The first-order valence-electron chi connectivity index (χ1n) is 47.4. The van der Waals surface area contributed by atoms with E-state index in [1.807, 2.05) is 72.8 Å². The van der Waals surface area contributed by atoms with Crippen molar-refractivity contribution >= 4 is 139 Å². The maximum Gasteiger partial charge on any atom is 0.252 e. The Morgan fingerprint density at radius 3 is 0.983 bits per heavy atom. The smallest absolute Gasteiger partial charge is 0.252 e. The van der Waals surface area contributed by atoms with Gasteiger partial charge in [0.25, 0.3) is 6.71 Å². The van der Waals surface area contributed by atoms with Crippen LogP contribution < -0.4 is 26.2 Å². The van der Waals surface area contributed by atoms with Crippen LogP contribution in [0.15, 0.2) is 436 Å². The van der Waals surface area contributed by atoms with Crippen LogP contribution in [0.25, 0.3) is 182 Å². The zero-order chi connectivity index (χ0) is 90.8. The number of anilines is 6. The number of aromatic nitrogens is 3. The van der Waals surface area contributed by atoms with E-state index in [0.717, 1.165) is 144 Å². The molecule has 0 spiro atoms. The summed E-state index contributed by atoms with van der Waals surface area (Å²) in [6, 6.07) is 114. The first-order chi connectivity index (χ1) is 65.4. The van der Waals surface area contributed by atoms with Gasteiger partial charge >= 0.3 is 0 Å². The molecule has 0 fully saturated rings. The molecule has 556 valence electrons. The zero-order valence-corrected chi connectivity index (χ0v) is 64.3. The first-order valence-corrected chi connectivity index (χ1v) is 40.4. The third-order valence-corrected chi connectivity index (χ3v) is 24.6. The van der Waals surface area contributed by atoms with E-state index < -0.39 is 55.1 Å². The summed E-state index contributed by atoms with van der Waals surface area (Å²) < 4.78 is 147. The molecule has 6 heterocycles. The van der Waals surface area contributed by atoms with Crippen molar-refractivity contribution in [3.05, 3.63) is 436 Å². The second-order valence-corrected chi connectivity index (χ2v) is 31.0. The Morgan fingerprint density at radius 2 is 0.558 bits per heavy atom. The van der Waals surface area contributed by atoms with E-state index in [0.29, 0.717) is 33.9 Å². The summed E-state index contributed by atoms with van der Waals surface area (Å²) in [5.74, 6) is 0. The molecule has 0 atom stereocenters. The molecular weight excluding hydrogens is 1450 g/mol. The van der Waals surface area contributed by atoms with Gasteiger partial charge in [0.15, 0.2) is 0 Å². The van der Waals surface area contributed by atoms with Gasteiger partial charge in [-0.15, -0.1) is 0 Å². The Bertz CT molecular complexity index is 8750. The van der Waals surface area contributed by atoms with Gasteiger partial charge in [-0.2, -0.15) is 0 Å². The van der Waals surface area contributed by atoms with Gasteiger partial charge in [-0.25, -0.2) is 0 Å². The molecule has 0 N–H and O–H groups in total. The summed E-state index contributed by atoms with van der Waals surface area (Å²) in [6.45, 7) is -0.850. The van der Waals surface area contributed by atoms with Crippen LogP contribution in [0.2, 0.25) is 0 Å². The van der Waals surface area contributed by atoms with Gasteiger partial charge in [-0.05, 0) is 174 Å². The monoisotopic (exact) mass is 1540 g/mol. The van der Waals surface area contributed by atoms with E-state index in [-0.39, 0.29) is 91.0 Å². The zero-order valence-electron chi connectivity index (χ0n) is 78.3. The van der Waals surface area contributed by atoms with E-state index in [9.17, 15) is 19.2 Å². The van der Waals surface area contributed by atoms with Crippen molar-refractivity contribution in [3.63, 3.8) is 0 Å². The molecule has 0 unspecified atom stereocenters. The maximum atomic E-state index is 10.7. The topological polar surface area (TPSA) is 20.8 Å². The molecular formula is C114H72BN5. The predicted molar refractivity (Wildman–Crippen MR) is 507 cm³/mol. The van der Waals surface area contributed by atoms with Crippen molar-refractivity contribution in [2.45, 2.75) is 0 Å². The van der Waals surface area contributed by atoms with Gasteiger partial charge < -0.3 is 23.3 Å². The minimum atomic E-state index is -0.850. The van der Waals surface area contributed by atoms with Crippen molar-refractivity contribution in [1.29, 1.82) is 0 Å². The molecule has 2 aliphatic heterocycles. The number of fused-ring (bicyclic) bond motifs is 18. The summed E-state index contributed by atoms with van der Waals surface area (Å²) in [5, 5.41) is 3.75. The van der Waals surface area contributed by atoms with Crippen molar-refractivity contribution in [3.8, 4) is 100 Å². The fraction of sp³-hybridized carbons (Fsp3) is 0. The molecule has 0 aliphatic carbocycles. The van der Waals surface area contributed by atoms with Crippen molar-refractivity contribution in [2.75, 3.05) is 9.80 Å². The third kappa shape index (κ3) is 10.2. The lowest BCUT2D eigenvalue weighted by atomic mass is 9.33. The van der Waals surface area contributed by atoms with Crippen LogP contribution in [0.5, 0.6) is 0 Å². The van der Waals surface area contributed by atoms with Crippen molar-refractivity contribution in [1.82, 2.24) is 13.5 Å². The van der Waals surface area contributed by atoms with Crippen molar-refractivity contribution in [2.24, 2.45) is 0 Å². The van der Waals surface area contributed by atoms with Crippen LogP contribution in [0.4, 0.5) is 34.1 Å². The number of hydrogen-bond donors (Lipinski definition) is 0. The molecule has 6 heteroatoms. The van der Waals surface area contributed by atoms with Crippen LogP contribution in [0, 0.1) is 0 Å². The number of nitrogens with zero attached hydrogens (tertiary/aromatic N) is 5. The second-order valence-electron chi connectivity index (χ2n) is 31.0. The first kappa shape index (κ1) is 54.9. The van der Waals surface area contributed by atoms with Gasteiger partial charge in [0.2, 0.25) is 0 Å². The Kier molecular flexibility index (Phi) is 12.3. The van der Waals surface area contributed by atoms with E-state index in [1.54, 1.807) is 45.5 Å². The lowest BCUT2D eigenvalue weighted by Crippen LogP contribution is -2.61. The van der Waals surface area contributed by atoms with Crippen LogP contribution in [0.3, 0.4) is 0 Å². The van der Waals surface area contributed by atoms with E-state index in [1.165, 1.54) is 0 Å². The molecule has 0 radical (unpaired) electrons. The Hall–Kier alpha value is -15.8. The summed E-state index contributed by atoms with van der Waals surface area (Å²) in [5.41, 5.74) is 22.3. The van der Waals surface area contributed by atoms with Gasteiger partial charge in [0.1, 0.15) is 0 Å². The number of para-hydroxylation sites is 4. The quantitative estimate of drug-likeness (QED) is 0.114. The highest BCUT2D eigenvalue weighted by Gasteiger charge is 2.49. The molecule has 0 saturated carbocycles. The lowest BCUT2D eigenvalue weighted by molar-refractivity contribution is 1.17. The van der Waals surface area contributed by atoms with Crippen LogP contribution in [-0.2, 0) is 0 Å². The van der Waals surface area contributed by atoms with Gasteiger partial charge in [0.05, 0.1) is 80.6 Å². The van der Waals surface area contributed by atoms with Gasteiger partial charge in [-0.3, -0.25) is 0 Å². The fourth-order valence-corrected chi connectivity index (χ4v) is 19.5. The molecule has 23 aromatic rings. The Labute approximate surface area is 714 Å². The van der Waals surface area contributed by atoms with Crippen LogP contribution in [-0.4, -0.2) is 20.2 Å². The standard InChI is InChI=1S/C114H72BN5/c1-9-33-73(34-10-1)81-58-64-103-96(65-81)88-50-26-30-54-100(88)116(103)85-59-62-97-105(71-85)119(110-92(77-41-17-5-18-42-77)66-83(75-37-13-3-14-38-75)67-93(110)78-43-19-6-20-44-78)113-107-90-51-27-31-55-101(90)118-102-56-32-28-52-91(102)108(112(107)118)114-109(113)115(97)98-63-60-86(117-99-53-29-25-49-87(99)89-61-57-82(70-104(89)117)74-35-11-2-12-36-74)72-106(98)120(114)111-94(79-45-21-7-22-46-79)68-84(76-39-15-4-16-40-76)69-95(111)80-47-23-8-24-48-80/h1-72H/i25D,26D,29D,30D,49D,50D,53D,54D,57D,58D,61D,64D,65D,70D. The predicted octanol–water partition coefficient (Wildman–Crippen LogP) is 28.4. The number of benzene rings is 19. The minimum absolute atomic E-state index is 0.00792. The average molecular weight is 1540 g/mol. The molecule has 120 heavy (non-hydrogen) atoms. The van der Waals surface area contributed by atoms with E-state index >= 15 is 0 Å². The summed E-state index contributed by atoms with van der Waals surface area (Å²) in [4.78, 5) is 4.91. The summed E-state index contributed by atoms with van der Waals surface area (Å²) in [6.07, 6.45) is 0. The SMILES string of the molecule is [2H]c1c([2H])c([2H])c2c(c1[2H])c1c([2H])c(-c3ccccc3)c([2H])c([2H])c1n2-c1ccc2c(c1)N(c1c(-c3ccccc3)cc(-c3ccccc3)cc1-c1ccccc1)c1c3c(c4c5ccccc5n5c6ccccc6c1c45)N(c1c(-c4ccccc4)cc(-c4ccccc4)cc1-c1ccccc1)c1cc(-n4c5c([2H])c([2H])c([2H])c([2H])c5c5c([2H])c([2H])c(-c6ccccc6)c([2H])c54)ccc1B23. The molecule has 2 aliphatic rings. The van der Waals surface area contributed by atoms with Crippen molar-refractivity contribution < 1.29 is 19.2 Å². The fourth-order valence-electron chi connectivity index (χ4n) is 19.5. The molecule has 4 aromatic heterocycles. The highest BCUT2D eigenvalue weighted by Crippen LogP contribution is 2.60. The lowest BCUT2D eigenvalue weighted by Gasteiger charge is -2.46. The van der Waals surface area contributed by atoms with Gasteiger partial charge in [-0.1, -0.05) is 346 Å². The number of hydrogen-bond acceptors (Lipinski definition) is 2. The maximum absolute atomic E-state index is 10.7. The third-order valence-electron chi connectivity index (χ3n) is 24.6. The Morgan fingerprint density at radius 1 is 0.225 bits per heavy atom. The van der Waals surface area contributed by atoms with E-state index in [4.69, 9.17) is 0 Å². The normalized spacial score (nSPS) is 14.1. The Balaban J connectivity index is 0.928. The highest BCUT2D eigenvalue weighted by molar-refractivity contribution is 7.01. The largest absolute Gasteiger partial charge is 0.309 e. The molecule has 25 rings (SSSR count). The van der Waals surface area contributed by atoms with Crippen LogP contribution >= 0.6 is 0 Å². The molecule has 0 amide bonds. The molecule has 0 bridgehead atoms. The molecule has 5 nitrogen and oxygen atoms in total. The average Bonchev–Trinajstić information content (AvgIpc) is 1.42. The van der Waals surface area contributed by atoms with E-state index in [2.05, 4.69) is 257 Å². The minimum Gasteiger partial charge on any atom is -0.309 e. The molecule has 19 aromatic carbocycles. The van der Waals surface area contributed by atoms with Gasteiger partial charge in [0, 0.05) is 88.1 Å². The highest BCUT2D eigenvalue weighted by atomic mass is 15.2. The second kappa shape index (κ2) is 26.9. The van der Waals surface area contributed by atoms with Crippen LogP contribution in [0.1, 0.15) is 19.2 Å².